The summed E-state index contributed by atoms with van der Waals surface area (Å²) in [5, 5.41) is 3.90. The molecular weight excluding hydrogens is 372 g/mol. The fourth-order valence-corrected chi connectivity index (χ4v) is 2.73. The van der Waals surface area contributed by atoms with E-state index in [1.807, 2.05) is 37.3 Å². The Bertz CT molecular complexity index is 964. The van der Waals surface area contributed by atoms with Crippen LogP contribution < -0.4 is 9.47 Å². The molecule has 1 heterocycles. The first-order valence-electron chi connectivity index (χ1n) is 9.32. The number of aromatic nitrogens is 2. The number of rotatable bonds is 8. The molecule has 0 atom stereocenters. The van der Waals surface area contributed by atoms with Crippen molar-refractivity contribution in [1.82, 2.24) is 10.1 Å². The molecule has 0 unspecified atom stereocenters. The molecule has 0 saturated heterocycles. The third-order valence-electron chi connectivity index (χ3n) is 4.31. The Morgan fingerprint density at radius 1 is 1.14 bits per heavy atom. The van der Waals surface area contributed by atoms with Crippen LogP contribution in [-0.4, -0.2) is 29.8 Å². The fourth-order valence-electron chi connectivity index (χ4n) is 2.73. The molecule has 0 N–H and O–H groups in total. The van der Waals surface area contributed by atoms with E-state index < -0.39 is 5.97 Å². The highest BCUT2D eigenvalue weighted by molar-refractivity contribution is 5.71. The van der Waals surface area contributed by atoms with Gasteiger partial charge in [-0.2, -0.15) is 4.98 Å². The van der Waals surface area contributed by atoms with Crippen molar-refractivity contribution in [1.29, 1.82) is 0 Å². The van der Waals surface area contributed by atoms with E-state index in [9.17, 15) is 4.79 Å². The summed E-state index contributed by atoms with van der Waals surface area (Å²) in [5.74, 6) is 1.83. The number of hydrogen-bond acceptors (Lipinski definition) is 7. The molecule has 0 bridgehead atoms. The molecule has 0 aliphatic heterocycles. The summed E-state index contributed by atoms with van der Waals surface area (Å²) in [5.41, 5.74) is 2.88. The van der Waals surface area contributed by atoms with Crippen LogP contribution in [0.5, 0.6) is 11.5 Å². The van der Waals surface area contributed by atoms with Crippen molar-refractivity contribution in [3.63, 3.8) is 0 Å². The summed E-state index contributed by atoms with van der Waals surface area (Å²) in [6.45, 7) is 5.82. The van der Waals surface area contributed by atoms with E-state index in [0.29, 0.717) is 11.6 Å². The number of methoxy groups -OCH3 is 1. The van der Waals surface area contributed by atoms with Crippen LogP contribution in [0.15, 0.2) is 47.0 Å². The second-order valence-corrected chi connectivity index (χ2v) is 6.89. The standard InChI is InChI=1S/C22H24N2O5/c1-14(2)18-10-5-15(3)11-19(18)27-13-21(25)28-12-20-23-22(24-29-20)16-6-8-17(26-4)9-7-16/h5-11,14H,12-13H2,1-4H3. The summed E-state index contributed by atoms with van der Waals surface area (Å²) < 4.78 is 21.1. The average Bonchev–Trinajstić information content (AvgIpc) is 3.19. The fraction of sp³-hybridized carbons (Fsp3) is 0.318. The number of aryl methyl sites for hydroxylation is 1. The zero-order valence-electron chi connectivity index (χ0n) is 17.0. The van der Waals surface area contributed by atoms with Gasteiger partial charge in [0.2, 0.25) is 5.82 Å². The van der Waals surface area contributed by atoms with Crippen molar-refractivity contribution in [2.24, 2.45) is 0 Å². The lowest BCUT2D eigenvalue weighted by Crippen LogP contribution is -2.15. The van der Waals surface area contributed by atoms with Crippen LogP contribution in [0, 0.1) is 6.92 Å². The zero-order valence-corrected chi connectivity index (χ0v) is 17.0. The van der Waals surface area contributed by atoms with Crippen molar-refractivity contribution in [3.05, 3.63) is 59.5 Å². The molecule has 7 nitrogen and oxygen atoms in total. The highest BCUT2D eigenvalue weighted by atomic mass is 16.6. The Labute approximate surface area is 169 Å². The minimum Gasteiger partial charge on any atom is -0.497 e. The van der Waals surface area contributed by atoms with Gasteiger partial charge >= 0.3 is 5.97 Å². The Hall–Kier alpha value is -3.35. The Morgan fingerprint density at radius 3 is 2.59 bits per heavy atom. The van der Waals surface area contributed by atoms with Crippen LogP contribution >= 0.6 is 0 Å². The molecular formula is C22H24N2O5. The molecule has 152 valence electrons. The largest absolute Gasteiger partial charge is 0.497 e. The molecule has 0 radical (unpaired) electrons. The number of carbonyl (C=O) groups excluding carboxylic acids is 1. The molecule has 1 aromatic heterocycles. The highest BCUT2D eigenvalue weighted by Crippen LogP contribution is 2.27. The van der Waals surface area contributed by atoms with Crippen LogP contribution in [-0.2, 0) is 16.1 Å². The average molecular weight is 396 g/mol. The first-order chi connectivity index (χ1) is 14.0. The van der Waals surface area contributed by atoms with Crippen molar-refractivity contribution < 1.29 is 23.5 Å². The van der Waals surface area contributed by atoms with E-state index in [1.54, 1.807) is 19.2 Å². The molecule has 3 aromatic rings. The number of carbonyl (C=O) groups is 1. The van der Waals surface area contributed by atoms with Gasteiger partial charge in [-0.15, -0.1) is 0 Å². The number of hydrogen-bond donors (Lipinski definition) is 0. The molecule has 0 spiro atoms. The third-order valence-corrected chi connectivity index (χ3v) is 4.31. The first-order valence-corrected chi connectivity index (χ1v) is 9.32. The molecule has 0 amide bonds. The normalized spacial score (nSPS) is 10.8. The van der Waals surface area contributed by atoms with Crippen LogP contribution in [0.2, 0.25) is 0 Å². The van der Waals surface area contributed by atoms with Crippen LogP contribution in [0.25, 0.3) is 11.4 Å². The van der Waals surface area contributed by atoms with Crippen molar-refractivity contribution in [2.75, 3.05) is 13.7 Å². The second kappa shape index (κ2) is 9.23. The van der Waals surface area contributed by atoms with Crippen LogP contribution in [0.3, 0.4) is 0 Å². The topological polar surface area (TPSA) is 83.7 Å². The molecule has 29 heavy (non-hydrogen) atoms. The number of esters is 1. The number of nitrogens with zero attached hydrogens (tertiary/aromatic N) is 2. The van der Waals surface area contributed by atoms with Gasteiger partial charge < -0.3 is 18.7 Å². The van der Waals surface area contributed by atoms with Gasteiger partial charge in [-0.3, -0.25) is 0 Å². The summed E-state index contributed by atoms with van der Waals surface area (Å²) in [6, 6.07) is 13.2. The summed E-state index contributed by atoms with van der Waals surface area (Å²) in [4.78, 5) is 16.3. The van der Waals surface area contributed by atoms with E-state index in [-0.39, 0.29) is 25.0 Å². The number of ether oxygens (including phenoxy) is 3. The van der Waals surface area contributed by atoms with E-state index in [0.717, 1.165) is 22.4 Å². The SMILES string of the molecule is COc1ccc(-c2noc(COC(=O)COc3cc(C)ccc3C(C)C)n2)cc1. The predicted octanol–water partition coefficient (Wildman–Crippen LogP) is 4.30. The summed E-state index contributed by atoms with van der Waals surface area (Å²) in [6.07, 6.45) is 0. The van der Waals surface area contributed by atoms with Crippen molar-refractivity contribution in [3.8, 4) is 22.9 Å². The lowest BCUT2D eigenvalue weighted by Gasteiger charge is -2.14. The van der Waals surface area contributed by atoms with Crippen LogP contribution in [0.1, 0.15) is 36.8 Å². The van der Waals surface area contributed by atoms with Gasteiger partial charge in [0.1, 0.15) is 11.5 Å². The zero-order chi connectivity index (χ0) is 20.8. The van der Waals surface area contributed by atoms with E-state index >= 15 is 0 Å². The molecule has 7 heteroatoms. The van der Waals surface area contributed by atoms with Crippen LogP contribution in [0.4, 0.5) is 0 Å². The molecule has 0 fully saturated rings. The van der Waals surface area contributed by atoms with E-state index in [4.69, 9.17) is 18.7 Å². The highest BCUT2D eigenvalue weighted by Gasteiger charge is 2.14. The smallest absolute Gasteiger partial charge is 0.344 e. The van der Waals surface area contributed by atoms with Crippen molar-refractivity contribution >= 4 is 5.97 Å². The summed E-state index contributed by atoms with van der Waals surface area (Å²) >= 11 is 0. The molecule has 0 aliphatic carbocycles. The van der Waals surface area contributed by atoms with Gasteiger partial charge in [0.25, 0.3) is 5.89 Å². The lowest BCUT2D eigenvalue weighted by atomic mass is 10.0. The third kappa shape index (κ3) is 5.34. The number of benzene rings is 2. The maximum atomic E-state index is 12.1. The van der Waals surface area contributed by atoms with Gasteiger partial charge in [0.15, 0.2) is 13.2 Å². The van der Waals surface area contributed by atoms with E-state index in [2.05, 4.69) is 24.0 Å². The van der Waals surface area contributed by atoms with Gasteiger partial charge in [-0.1, -0.05) is 31.1 Å². The van der Waals surface area contributed by atoms with E-state index in [1.165, 1.54) is 0 Å². The van der Waals surface area contributed by atoms with Gasteiger partial charge in [-0.05, 0) is 54.3 Å². The Balaban J connectivity index is 1.54. The first kappa shape index (κ1) is 20.4. The molecule has 3 rings (SSSR count). The molecule has 2 aromatic carbocycles. The van der Waals surface area contributed by atoms with Gasteiger partial charge in [-0.25, -0.2) is 4.79 Å². The molecule has 0 aliphatic rings. The summed E-state index contributed by atoms with van der Waals surface area (Å²) in [7, 11) is 1.60. The minimum atomic E-state index is -0.509. The minimum absolute atomic E-state index is 0.115. The molecule has 0 saturated carbocycles. The monoisotopic (exact) mass is 396 g/mol. The maximum Gasteiger partial charge on any atom is 0.344 e. The van der Waals surface area contributed by atoms with Gasteiger partial charge in [0, 0.05) is 5.56 Å². The maximum absolute atomic E-state index is 12.1. The Kier molecular flexibility index (Phi) is 6.49. The Morgan fingerprint density at radius 2 is 1.90 bits per heavy atom. The predicted molar refractivity (Wildman–Crippen MR) is 107 cm³/mol. The lowest BCUT2D eigenvalue weighted by molar-refractivity contribution is -0.148. The van der Waals surface area contributed by atoms with Gasteiger partial charge in [0.05, 0.1) is 7.11 Å². The second-order valence-electron chi connectivity index (χ2n) is 6.89. The quantitative estimate of drug-likeness (QED) is 0.525. The van der Waals surface area contributed by atoms with Crippen molar-refractivity contribution in [2.45, 2.75) is 33.3 Å².